The lowest BCUT2D eigenvalue weighted by Crippen LogP contribution is -2.31. The average molecular weight is 312 g/mol. The van der Waals surface area contributed by atoms with Crippen molar-refractivity contribution in [2.24, 2.45) is 0 Å². The fourth-order valence-corrected chi connectivity index (χ4v) is 2.51. The van der Waals surface area contributed by atoms with Crippen molar-refractivity contribution in [3.05, 3.63) is 28.2 Å². The van der Waals surface area contributed by atoms with E-state index < -0.39 is 5.97 Å². The van der Waals surface area contributed by atoms with Crippen LogP contribution in [0.1, 0.15) is 36.0 Å². The van der Waals surface area contributed by atoms with E-state index in [1.807, 2.05) is 0 Å². The fraction of sp³-hybridized carbons (Fsp3) is 0.385. The number of benzene rings is 1. The first kappa shape index (κ1) is 13.1. The Kier molecular flexibility index (Phi) is 4.01. The summed E-state index contributed by atoms with van der Waals surface area (Å²) >= 11 is 3.25. The average Bonchev–Trinajstić information content (AvgIpc) is 2.54. The molecule has 0 bridgehead atoms. The Balaban J connectivity index is 2.42. The molecule has 1 aromatic rings. The third-order valence-corrected chi connectivity index (χ3v) is 3.55. The van der Waals surface area contributed by atoms with E-state index in [-0.39, 0.29) is 11.5 Å². The van der Waals surface area contributed by atoms with Gasteiger partial charge < -0.3 is 10.0 Å². The van der Waals surface area contributed by atoms with Gasteiger partial charge in [-0.05, 0) is 31.0 Å². The van der Waals surface area contributed by atoms with Crippen molar-refractivity contribution < 1.29 is 14.7 Å². The SMILES string of the molecule is O=C(O)c1cc(Br)ccc1N1CCCCCC1=O. The minimum absolute atomic E-state index is 0.0114. The Morgan fingerprint density at radius 1 is 1.28 bits per heavy atom. The van der Waals surface area contributed by atoms with E-state index in [1.165, 1.54) is 6.07 Å². The number of hydrogen-bond acceptors (Lipinski definition) is 2. The molecule has 1 N–H and O–H groups in total. The molecule has 1 aromatic carbocycles. The zero-order valence-corrected chi connectivity index (χ0v) is 11.4. The van der Waals surface area contributed by atoms with E-state index >= 15 is 0 Å². The van der Waals surface area contributed by atoms with Gasteiger partial charge in [0.1, 0.15) is 0 Å². The normalized spacial score (nSPS) is 16.5. The predicted molar refractivity (Wildman–Crippen MR) is 71.9 cm³/mol. The summed E-state index contributed by atoms with van der Waals surface area (Å²) in [5.74, 6) is -0.999. The number of aromatic carboxylic acids is 1. The first-order valence-electron chi connectivity index (χ1n) is 5.93. The molecule has 5 heteroatoms. The van der Waals surface area contributed by atoms with Gasteiger partial charge in [0.25, 0.3) is 0 Å². The van der Waals surface area contributed by atoms with Gasteiger partial charge in [0.15, 0.2) is 0 Å². The van der Waals surface area contributed by atoms with Crippen LogP contribution in [0.2, 0.25) is 0 Å². The maximum atomic E-state index is 12.0. The molecule has 0 saturated carbocycles. The Morgan fingerprint density at radius 2 is 2.06 bits per heavy atom. The lowest BCUT2D eigenvalue weighted by Gasteiger charge is -2.22. The van der Waals surface area contributed by atoms with Crippen molar-refractivity contribution in [3.63, 3.8) is 0 Å². The fourth-order valence-electron chi connectivity index (χ4n) is 2.15. The second kappa shape index (κ2) is 5.52. The smallest absolute Gasteiger partial charge is 0.337 e. The van der Waals surface area contributed by atoms with E-state index in [9.17, 15) is 14.7 Å². The summed E-state index contributed by atoms with van der Waals surface area (Å²) < 4.78 is 0.700. The molecule has 96 valence electrons. The van der Waals surface area contributed by atoms with Gasteiger partial charge >= 0.3 is 5.97 Å². The molecule has 0 radical (unpaired) electrons. The van der Waals surface area contributed by atoms with Crippen molar-refractivity contribution >= 4 is 33.5 Å². The van der Waals surface area contributed by atoms with Crippen LogP contribution in [0, 0.1) is 0 Å². The molecule has 0 aliphatic carbocycles. The number of anilines is 1. The number of nitrogens with zero attached hydrogens (tertiary/aromatic N) is 1. The summed E-state index contributed by atoms with van der Waals surface area (Å²) in [4.78, 5) is 24.8. The van der Waals surface area contributed by atoms with Crippen LogP contribution < -0.4 is 4.90 Å². The number of rotatable bonds is 2. The van der Waals surface area contributed by atoms with Crippen molar-refractivity contribution in [1.29, 1.82) is 0 Å². The Morgan fingerprint density at radius 3 is 2.78 bits per heavy atom. The molecule has 0 spiro atoms. The highest BCUT2D eigenvalue weighted by atomic mass is 79.9. The van der Waals surface area contributed by atoms with Crippen LogP contribution in [0.25, 0.3) is 0 Å². The summed E-state index contributed by atoms with van der Waals surface area (Å²) in [5.41, 5.74) is 0.664. The van der Waals surface area contributed by atoms with Gasteiger partial charge in [0, 0.05) is 17.4 Å². The highest BCUT2D eigenvalue weighted by molar-refractivity contribution is 9.10. The van der Waals surface area contributed by atoms with Gasteiger partial charge in [-0.15, -0.1) is 0 Å². The third-order valence-electron chi connectivity index (χ3n) is 3.05. The second-order valence-corrected chi connectivity index (χ2v) is 5.24. The molecule has 0 unspecified atom stereocenters. The van der Waals surface area contributed by atoms with Crippen molar-refractivity contribution in [2.45, 2.75) is 25.7 Å². The standard InChI is InChI=1S/C13H14BrNO3/c14-9-5-6-11(10(8-9)13(17)18)15-7-3-1-2-4-12(15)16/h5-6,8H,1-4,7H2,(H,17,18). The number of carboxylic acids is 1. The summed E-state index contributed by atoms with van der Waals surface area (Å²) in [6.45, 7) is 0.598. The van der Waals surface area contributed by atoms with Crippen LogP contribution in [0.15, 0.2) is 22.7 Å². The van der Waals surface area contributed by atoms with Gasteiger partial charge in [0.05, 0.1) is 11.3 Å². The summed E-state index contributed by atoms with van der Waals surface area (Å²) in [7, 11) is 0. The molecular weight excluding hydrogens is 298 g/mol. The maximum Gasteiger partial charge on any atom is 0.337 e. The molecule has 1 fully saturated rings. The zero-order chi connectivity index (χ0) is 13.1. The number of carbonyl (C=O) groups excluding carboxylic acids is 1. The van der Waals surface area contributed by atoms with Crippen LogP contribution in [-0.2, 0) is 4.79 Å². The summed E-state index contributed by atoms with van der Waals surface area (Å²) in [5, 5.41) is 9.22. The van der Waals surface area contributed by atoms with E-state index in [1.54, 1.807) is 17.0 Å². The highest BCUT2D eigenvalue weighted by Gasteiger charge is 2.23. The lowest BCUT2D eigenvalue weighted by atomic mass is 10.1. The molecule has 1 saturated heterocycles. The first-order chi connectivity index (χ1) is 8.59. The van der Waals surface area contributed by atoms with Crippen molar-refractivity contribution in [1.82, 2.24) is 0 Å². The monoisotopic (exact) mass is 311 g/mol. The minimum Gasteiger partial charge on any atom is -0.478 e. The Labute approximate surface area is 114 Å². The molecule has 18 heavy (non-hydrogen) atoms. The van der Waals surface area contributed by atoms with E-state index in [2.05, 4.69) is 15.9 Å². The molecule has 1 aliphatic heterocycles. The first-order valence-corrected chi connectivity index (χ1v) is 6.72. The van der Waals surface area contributed by atoms with E-state index in [0.717, 1.165) is 19.3 Å². The third kappa shape index (κ3) is 2.72. The van der Waals surface area contributed by atoms with Gasteiger partial charge in [0.2, 0.25) is 5.91 Å². The molecule has 0 atom stereocenters. The van der Waals surface area contributed by atoms with Crippen LogP contribution >= 0.6 is 15.9 Å². The number of halogens is 1. The zero-order valence-electron chi connectivity index (χ0n) is 9.86. The molecule has 4 nitrogen and oxygen atoms in total. The lowest BCUT2D eigenvalue weighted by molar-refractivity contribution is -0.118. The molecule has 2 rings (SSSR count). The minimum atomic E-state index is -1.01. The Hall–Kier alpha value is -1.36. The molecule has 0 aromatic heterocycles. The number of hydrogen-bond donors (Lipinski definition) is 1. The van der Waals surface area contributed by atoms with Gasteiger partial charge in [-0.1, -0.05) is 22.4 Å². The second-order valence-electron chi connectivity index (χ2n) is 4.32. The largest absolute Gasteiger partial charge is 0.478 e. The topological polar surface area (TPSA) is 57.6 Å². The van der Waals surface area contributed by atoms with Gasteiger partial charge in [-0.3, -0.25) is 4.79 Å². The number of carbonyl (C=O) groups is 2. The van der Waals surface area contributed by atoms with Gasteiger partial charge in [-0.25, -0.2) is 4.79 Å². The quantitative estimate of drug-likeness (QED) is 0.913. The van der Waals surface area contributed by atoms with Crippen molar-refractivity contribution in [2.75, 3.05) is 11.4 Å². The Bertz CT molecular complexity index is 487. The molecule has 1 amide bonds. The van der Waals surface area contributed by atoms with E-state index in [4.69, 9.17) is 0 Å². The van der Waals surface area contributed by atoms with E-state index in [0.29, 0.717) is 23.1 Å². The van der Waals surface area contributed by atoms with Gasteiger partial charge in [-0.2, -0.15) is 0 Å². The number of amides is 1. The van der Waals surface area contributed by atoms with Crippen LogP contribution in [-0.4, -0.2) is 23.5 Å². The van der Waals surface area contributed by atoms with Crippen LogP contribution in [0.5, 0.6) is 0 Å². The summed E-state index contributed by atoms with van der Waals surface area (Å²) in [6.07, 6.45) is 3.31. The van der Waals surface area contributed by atoms with Crippen molar-refractivity contribution in [3.8, 4) is 0 Å². The summed E-state index contributed by atoms with van der Waals surface area (Å²) in [6, 6.07) is 4.99. The molecule has 1 heterocycles. The van der Waals surface area contributed by atoms with Crippen LogP contribution in [0.3, 0.4) is 0 Å². The highest BCUT2D eigenvalue weighted by Crippen LogP contribution is 2.27. The molecular formula is C13H14BrNO3. The van der Waals surface area contributed by atoms with Crippen LogP contribution in [0.4, 0.5) is 5.69 Å². The predicted octanol–water partition coefficient (Wildman–Crippen LogP) is 3.05. The number of carboxylic acid groups (broad SMARTS) is 1. The molecule has 1 aliphatic rings. The maximum absolute atomic E-state index is 12.0.